The Morgan fingerprint density at radius 3 is 2.65 bits per heavy atom. The summed E-state index contributed by atoms with van der Waals surface area (Å²) in [7, 11) is 1.29. The molecule has 4 nitrogen and oxygen atoms in total. The van der Waals surface area contributed by atoms with Crippen LogP contribution in [0.2, 0.25) is 0 Å². The van der Waals surface area contributed by atoms with Gasteiger partial charge in [0, 0.05) is 6.42 Å². The molecule has 0 spiro atoms. The van der Waals surface area contributed by atoms with E-state index in [4.69, 9.17) is 0 Å². The molecule has 0 saturated carbocycles. The fourth-order valence-electron chi connectivity index (χ4n) is 1.47. The molecule has 0 heterocycles. The van der Waals surface area contributed by atoms with E-state index in [1.54, 1.807) is 0 Å². The number of aryl methyl sites for hydroxylation is 2. The molecule has 0 radical (unpaired) electrons. The van der Waals surface area contributed by atoms with E-state index in [0.29, 0.717) is 12.8 Å². The van der Waals surface area contributed by atoms with E-state index in [2.05, 4.69) is 10.1 Å². The summed E-state index contributed by atoms with van der Waals surface area (Å²) in [6, 6.07) is 7.94. The number of hydrogen-bond acceptors (Lipinski definition) is 3. The van der Waals surface area contributed by atoms with Gasteiger partial charge in [-0.15, -0.1) is 0 Å². The van der Waals surface area contributed by atoms with Crippen molar-refractivity contribution in [3.8, 4) is 0 Å². The monoisotopic (exact) mass is 235 g/mol. The lowest BCUT2D eigenvalue weighted by atomic mass is 10.0. The Balaban J connectivity index is 2.34. The second kappa shape index (κ2) is 6.68. The number of hydrogen-bond donors (Lipinski definition) is 1. The van der Waals surface area contributed by atoms with Crippen LogP contribution in [0.1, 0.15) is 17.5 Å². The largest absolute Gasteiger partial charge is 0.468 e. The van der Waals surface area contributed by atoms with Gasteiger partial charge in [0.1, 0.15) is 6.54 Å². The van der Waals surface area contributed by atoms with Crippen molar-refractivity contribution in [1.82, 2.24) is 5.32 Å². The van der Waals surface area contributed by atoms with Crippen LogP contribution < -0.4 is 5.32 Å². The highest BCUT2D eigenvalue weighted by molar-refractivity contribution is 5.81. The fraction of sp³-hybridized carbons (Fsp3) is 0.385. The van der Waals surface area contributed by atoms with Gasteiger partial charge in [-0.2, -0.15) is 0 Å². The first-order valence-electron chi connectivity index (χ1n) is 5.51. The number of amides is 1. The molecule has 1 aromatic rings. The van der Waals surface area contributed by atoms with Gasteiger partial charge in [0.2, 0.25) is 5.91 Å². The van der Waals surface area contributed by atoms with E-state index in [1.165, 1.54) is 12.7 Å². The van der Waals surface area contributed by atoms with Crippen LogP contribution in [0.25, 0.3) is 0 Å². The van der Waals surface area contributed by atoms with Crippen LogP contribution in [0.4, 0.5) is 0 Å². The maximum atomic E-state index is 11.4. The highest BCUT2D eigenvalue weighted by Gasteiger charge is 2.06. The van der Waals surface area contributed by atoms with Crippen LogP contribution in [0.3, 0.4) is 0 Å². The van der Waals surface area contributed by atoms with Gasteiger partial charge in [0.15, 0.2) is 0 Å². The fourth-order valence-corrected chi connectivity index (χ4v) is 1.47. The average Bonchev–Trinajstić information content (AvgIpc) is 2.35. The third kappa shape index (κ3) is 4.68. The lowest BCUT2D eigenvalue weighted by molar-refractivity contribution is -0.141. The Morgan fingerprint density at radius 1 is 1.29 bits per heavy atom. The van der Waals surface area contributed by atoms with Gasteiger partial charge in [0.05, 0.1) is 7.11 Å². The van der Waals surface area contributed by atoms with Crippen molar-refractivity contribution in [1.29, 1.82) is 0 Å². The first-order valence-corrected chi connectivity index (χ1v) is 5.51. The number of esters is 1. The molecule has 92 valence electrons. The highest BCUT2D eigenvalue weighted by Crippen LogP contribution is 2.09. The van der Waals surface area contributed by atoms with Crippen molar-refractivity contribution in [3.63, 3.8) is 0 Å². The van der Waals surface area contributed by atoms with Gasteiger partial charge >= 0.3 is 5.97 Å². The zero-order valence-corrected chi connectivity index (χ0v) is 10.2. The number of benzene rings is 1. The molecule has 0 unspecified atom stereocenters. The third-order valence-electron chi connectivity index (χ3n) is 2.54. The Morgan fingerprint density at radius 2 is 2.00 bits per heavy atom. The Labute approximate surface area is 101 Å². The second-order valence-electron chi connectivity index (χ2n) is 3.78. The van der Waals surface area contributed by atoms with Crippen molar-refractivity contribution in [3.05, 3.63) is 35.4 Å². The van der Waals surface area contributed by atoms with Gasteiger partial charge < -0.3 is 10.1 Å². The maximum Gasteiger partial charge on any atom is 0.325 e. The highest BCUT2D eigenvalue weighted by atomic mass is 16.5. The standard InChI is InChI=1S/C13H17NO3/c1-10-5-3-4-6-11(10)7-8-12(15)14-9-13(16)17-2/h3-6H,7-9H2,1-2H3,(H,14,15). The Bertz CT molecular complexity index is 401. The van der Waals surface area contributed by atoms with Crippen molar-refractivity contribution < 1.29 is 14.3 Å². The minimum atomic E-state index is -0.436. The van der Waals surface area contributed by atoms with Crippen LogP contribution >= 0.6 is 0 Å². The SMILES string of the molecule is COC(=O)CNC(=O)CCc1ccccc1C. The molecule has 1 amide bonds. The summed E-state index contributed by atoms with van der Waals surface area (Å²) in [4.78, 5) is 22.2. The molecule has 0 aliphatic carbocycles. The Kier molecular flexibility index (Phi) is 5.20. The topological polar surface area (TPSA) is 55.4 Å². The second-order valence-corrected chi connectivity index (χ2v) is 3.78. The number of carbonyl (C=O) groups is 2. The van der Waals surface area contributed by atoms with E-state index >= 15 is 0 Å². The predicted octanol–water partition coefficient (Wildman–Crippen LogP) is 1.22. The predicted molar refractivity (Wildman–Crippen MR) is 64.5 cm³/mol. The van der Waals surface area contributed by atoms with E-state index in [0.717, 1.165) is 5.56 Å². The number of carbonyl (C=O) groups excluding carboxylic acids is 2. The minimum absolute atomic E-state index is 0.0664. The van der Waals surface area contributed by atoms with Crippen LogP contribution in [0, 0.1) is 6.92 Å². The molecule has 17 heavy (non-hydrogen) atoms. The van der Waals surface area contributed by atoms with Gasteiger partial charge in [-0.1, -0.05) is 24.3 Å². The number of ether oxygens (including phenoxy) is 1. The molecule has 1 rings (SSSR count). The summed E-state index contributed by atoms with van der Waals surface area (Å²) < 4.78 is 4.43. The normalized spacial score (nSPS) is 9.76. The van der Waals surface area contributed by atoms with Crippen LogP contribution in [-0.2, 0) is 20.7 Å². The van der Waals surface area contributed by atoms with Crippen molar-refractivity contribution >= 4 is 11.9 Å². The Hall–Kier alpha value is -1.84. The molecule has 0 bridgehead atoms. The smallest absolute Gasteiger partial charge is 0.325 e. The van der Waals surface area contributed by atoms with Gasteiger partial charge in [-0.3, -0.25) is 9.59 Å². The number of rotatable bonds is 5. The minimum Gasteiger partial charge on any atom is -0.468 e. The summed E-state index contributed by atoms with van der Waals surface area (Å²) >= 11 is 0. The molecule has 0 saturated heterocycles. The van der Waals surface area contributed by atoms with Crippen LogP contribution in [-0.4, -0.2) is 25.5 Å². The van der Waals surface area contributed by atoms with Crippen LogP contribution in [0.5, 0.6) is 0 Å². The van der Waals surface area contributed by atoms with Crippen LogP contribution in [0.15, 0.2) is 24.3 Å². The summed E-state index contributed by atoms with van der Waals surface area (Å²) in [6.45, 7) is 1.95. The molecule has 1 aromatic carbocycles. The van der Waals surface area contributed by atoms with E-state index in [9.17, 15) is 9.59 Å². The number of nitrogens with one attached hydrogen (secondary N) is 1. The first-order chi connectivity index (χ1) is 8.13. The molecular weight excluding hydrogens is 218 g/mol. The van der Waals surface area contributed by atoms with Gasteiger partial charge in [-0.05, 0) is 24.5 Å². The van der Waals surface area contributed by atoms with E-state index in [-0.39, 0.29) is 12.5 Å². The summed E-state index contributed by atoms with van der Waals surface area (Å²) in [5.41, 5.74) is 2.33. The number of methoxy groups -OCH3 is 1. The third-order valence-corrected chi connectivity index (χ3v) is 2.54. The van der Waals surface area contributed by atoms with Gasteiger partial charge in [0.25, 0.3) is 0 Å². The summed E-state index contributed by atoms with van der Waals surface area (Å²) in [5.74, 6) is -0.576. The molecule has 0 aromatic heterocycles. The first kappa shape index (κ1) is 13.2. The van der Waals surface area contributed by atoms with Crippen molar-refractivity contribution in [2.24, 2.45) is 0 Å². The lowest BCUT2D eigenvalue weighted by Gasteiger charge is -2.06. The summed E-state index contributed by atoms with van der Waals surface area (Å²) in [6.07, 6.45) is 1.06. The average molecular weight is 235 g/mol. The van der Waals surface area contributed by atoms with E-state index < -0.39 is 5.97 Å². The van der Waals surface area contributed by atoms with Crippen molar-refractivity contribution in [2.45, 2.75) is 19.8 Å². The molecule has 4 heteroatoms. The molecule has 1 N–H and O–H groups in total. The van der Waals surface area contributed by atoms with E-state index in [1.807, 2.05) is 31.2 Å². The molecule has 0 fully saturated rings. The lowest BCUT2D eigenvalue weighted by Crippen LogP contribution is -2.30. The van der Waals surface area contributed by atoms with Gasteiger partial charge in [-0.25, -0.2) is 0 Å². The summed E-state index contributed by atoms with van der Waals surface area (Å²) in [5, 5.41) is 2.51. The molecule has 0 atom stereocenters. The van der Waals surface area contributed by atoms with Crippen molar-refractivity contribution in [2.75, 3.05) is 13.7 Å². The molecular formula is C13H17NO3. The maximum absolute atomic E-state index is 11.4. The molecule has 0 aliphatic rings. The zero-order valence-electron chi connectivity index (χ0n) is 10.2. The quantitative estimate of drug-likeness (QED) is 0.781. The zero-order chi connectivity index (χ0) is 12.7. The molecule has 0 aliphatic heterocycles.